The molecule has 3 aromatic carbocycles. The molecule has 0 atom stereocenters. The molecule has 26 heavy (non-hydrogen) atoms. The molecule has 0 fully saturated rings. The third kappa shape index (κ3) is 2.65. The summed E-state index contributed by atoms with van der Waals surface area (Å²) in [7, 11) is 1.56. The van der Waals surface area contributed by atoms with Crippen LogP contribution in [0, 0.1) is 0 Å². The van der Waals surface area contributed by atoms with Crippen LogP contribution in [0.5, 0.6) is 5.75 Å². The van der Waals surface area contributed by atoms with Gasteiger partial charge in [0.15, 0.2) is 11.6 Å². The highest BCUT2D eigenvalue weighted by Gasteiger charge is 2.28. The lowest BCUT2D eigenvalue weighted by Crippen LogP contribution is -2.22. The van der Waals surface area contributed by atoms with E-state index in [0.717, 1.165) is 17.1 Å². The van der Waals surface area contributed by atoms with Gasteiger partial charge in [-0.3, -0.25) is 9.59 Å². The summed E-state index contributed by atoms with van der Waals surface area (Å²) in [4.78, 5) is 27.5. The number of rotatable bonds is 2. The summed E-state index contributed by atoms with van der Waals surface area (Å²) >= 11 is 0. The van der Waals surface area contributed by atoms with E-state index in [1.54, 1.807) is 19.2 Å². The topological polar surface area (TPSA) is 46.6 Å². The van der Waals surface area contributed by atoms with Crippen LogP contribution in [0.4, 0.5) is 17.1 Å². The standard InChI is InChI=1S/C22H17NO3/c1-26-16-11-12-20-18(13-16)22(25)14-21(24)17-9-5-6-10-19(17)23(20)15-7-3-2-4-8-15/h2-13H,14H2,1H3. The summed E-state index contributed by atoms with van der Waals surface area (Å²) in [6, 6.07) is 22.5. The number of ether oxygens (including phenoxy) is 1. The molecule has 0 aromatic heterocycles. The second kappa shape index (κ2) is 6.48. The highest BCUT2D eigenvalue weighted by Crippen LogP contribution is 2.41. The van der Waals surface area contributed by atoms with Crippen LogP contribution in [0.1, 0.15) is 27.1 Å². The Morgan fingerprint density at radius 1 is 0.769 bits per heavy atom. The minimum atomic E-state index is -0.209. The van der Waals surface area contributed by atoms with Gasteiger partial charge in [0.2, 0.25) is 0 Å². The molecule has 0 N–H and O–H groups in total. The Morgan fingerprint density at radius 3 is 2.19 bits per heavy atom. The SMILES string of the molecule is COc1ccc2c(c1)C(=O)CC(=O)c1ccccc1N2c1ccccc1. The zero-order valence-electron chi connectivity index (χ0n) is 14.3. The molecule has 4 heteroatoms. The van der Waals surface area contributed by atoms with Crippen LogP contribution >= 0.6 is 0 Å². The molecule has 0 saturated carbocycles. The van der Waals surface area contributed by atoms with Crippen molar-refractivity contribution in [3.8, 4) is 5.75 Å². The van der Waals surface area contributed by atoms with Crippen molar-refractivity contribution in [3.63, 3.8) is 0 Å². The van der Waals surface area contributed by atoms with E-state index in [1.807, 2.05) is 65.6 Å². The summed E-state index contributed by atoms with van der Waals surface area (Å²) in [6.07, 6.45) is -0.153. The first kappa shape index (κ1) is 16.1. The highest BCUT2D eigenvalue weighted by atomic mass is 16.5. The van der Waals surface area contributed by atoms with E-state index in [9.17, 15) is 9.59 Å². The summed E-state index contributed by atoms with van der Waals surface area (Å²) in [5.74, 6) is 0.200. The smallest absolute Gasteiger partial charge is 0.172 e. The summed E-state index contributed by atoms with van der Waals surface area (Å²) in [5.41, 5.74) is 3.42. The van der Waals surface area contributed by atoms with Gasteiger partial charge in [0.25, 0.3) is 0 Å². The molecule has 4 nitrogen and oxygen atoms in total. The fourth-order valence-electron chi connectivity index (χ4n) is 3.29. The number of methoxy groups -OCH3 is 1. The molecule has 0 unspecified atom stereocenters. The minimum Gasteiger partial charge on any atom is -0.497 e. The third-order valence-corrected chi connectivity index (χ3v) is 4.53. The van der Waals surface area contributed by atoms with Crippen LogP contribution < -0.4 is 9.64 Å². The van der Waals surface area contributed by atoms with Crippen molar-refractivity contribution in [2.75, 3.05) is 12.0 Å². The van der Waals surface area contributed by atoms with Gasteiger partial charge in [-0.1, -0.05) is 30.3 Å². The second-order valence-electron chi connectivity index (χ2n) is 6.09. The van der Waals surface area contributed by atoms with E-state index in [0.29, 0.717) is 16.9 Å². The lowest BCUT2D eigenvalue weighted by Gasteiger charge is -2.30. The Bertz CT molecular complexity index is 995. The molecular weight excluding hydrogens is 326 g/mol. The van der Waals surface area contributed by atoms with E-state index < -0.39 is 0 Å². The molecule has 1 aliphatic heterocycles. The number of anilines is 3. The average Bonchev–Trinajstić information content (AvgIpc) is 2.68. The second-order valence-corrected chi connectivity index (χ2v) is 6.09. The maximum atomic E-state index is 12.8. The predicted octanol–water partition coefficient (Wildman–Crippen LogP) is 4.93. The number of Topliss-reactive ketones (excluding diaryl/α,β-unsaturated/α-hetero) is 2. The number of carbonyl (C=O) groups excluding carboxylic acids is 2. The highest BCUT2D eigenvalue weighted by molar-refractivity contribution is 6.19. The predicted molar refractivity (Wildman–Crippen MR) is 101 cm³/mol. The Kier molecular flexibility index (Phi) is 4.01. The molecule has 0 saturated heterocycles. The molecule has 128 valence electrons. The van der Waals surface area contributed by atoms with E-state index >= 15 is 0 Å². The Labute approximate surface area is 151 Å². The Morgan fingerprint density at radius 2 is 1.42 bits per heavy atom. The zero-order valence-corrected chi connectivity index (χ0v) is 14.3. The molecule has 1 heterocycles. The molecule has 0 radical (unpaired) electrons. The fourth-order valence-corrected chi connectivity index (χ4v) is 3.29. The number of benzene rings is 3. The van der Waals surface area contributed by atoms with Crippen LogP contribution in [-0.2, 0) is 0 Å². The van der Waals surface area contributed by atoms with Crippen LogP contribution in [0.25, 0.3) is 0 Å². The van der Waals surface area contributed by atoms with Gasteiger partial charge < -0.3 is 9.64 Å². The van der Waals surface area contributed by atoms with Crippen molar-refractivity contribution < 1.29 is 14.3 Å². The van der Waals surface area contributed by atoms with Crippen LogP contribution in [0.3, 0.4) is 0 Å². The van der Waals surface area contributed by atoms with Crippen LogP contribution in [-0.4, -0.2) is 18.7 Å². The van der Waals surface area contributed by atoms with Gasteiger partial charge in [0, 0.05) is 16.8 Å². The number of fused-ring (bicyclic) bond motifs is 2. The lowest BCUT2D eigenvalue weighted by molar-refractivity contribution is 0.0894. The molecule has 0 bridgehead atoms. The first-order valence-corrected chi connectivity index (χ1v) is 8.37. The Hall–Kier alpha value is -3.40. The van der Waals surface area contributed by atoms with Gasteiger partial charge >= 0.3 is 0 Å². The molecule has 1 aliphatic rings. The van der Waals surface area contributed by atoms with Gasteiger partial charge in [-0.2, -0.15) is 0 Å². The molecule has 0 spiro atoms. The van der Waals surface area contributed by atoms with Gasteiger partial charge in [-0.25, -0.2) is 0 Å². The normalized spacial score (nSPS) is 13.5. The quantitative estimate of drug-likeness (QED) is 0.619. The van der Waals surface area contributed by atoms with E-state index in [1.165, 1.54) is 0 Å². The van der Waals surface area contributed by atoms with Crippen molar-refractivity contribution in [2.24, 2.45) is 0 Å². The number of hydrogen-bond donors (Lipinski definition) is 0. The minimum absolute atomic E-state index is 0.153. The monoisotopic (exact) mass is 343 g/mol. The van der Waals surface area contributed by atoms with E-state index in [4.69, 9.17) is 4.74 Å². The fraction of sp³-hybridized carbons (Fsp3) is 0.0909. The number of ketones is 2. The average molecular weight is 343 g/mol. The maximum absolute atomic E-state index is 12.8. The van der Waals surface area contributed by atoms with Gasteiger partial charge in [0.1, 0.15) is 5.75 Å². The van der Waals surface area contributed by atoms with Gasteiger partial charge in [-0.05, 0) is 42.5 Å². The van der Waals surface area contributed by atoms with Gasteiger partial charge in [-0.15, -0.1) is 0 Å². The van der Waals surface area contributed by atoms with Crippen molar-refractivity contribution in [2.45, 2.75) is 6.42 Å². The van der Waals surface area contributed by atoms with Crippen molar-refractivity contribution in [3.05, 3.63) is 83.9 Å². The van der Waals surface area contributed by atoms with E-state index in [2.05, 4.69) is 0 Å². The Balaban J connectivity index is 2.04. The molecular formula is C22H17NO3. The molecule has 4 rings (SSSR count). The number of carbonyl (C=O) groups is 2. The van der Waals surface area contributed by atoms with Gasteiger partial charge in [0.05, 0.1) is 24.9 Å². The van der Waals surface area contributed by atoms with Crippen molar-refractivity contribution >= 4 is 28.6 Å². The van der Waals surface area contributed by atoms with Crippen LogP contribution in [0.2, 0.25) is 0 Å². The van der Waals surface area contributed by atoms with E-state index in [-0.39, 0.29) is 18.0 Å². The summed E-state index contributed by atoms with van der Waals surface area (Å²) in [5, 5.41) is 0. The maximum Gasteiger partial charge on any atom is 0.172 e. The largest absolute Gasteiger partial charge is 0.497 e. The zero-order chi connectivity index (χ0) is 18.1. The summed E-state index contributed by atoms with van der Waals surface area (Å²) in [6.45, 7) is 0. The molecule has 3 aromatic rings. The molecule has 0 aliphatic carbocycles. The van der Waals surface area contributed by atoms with Crippen molar-refractivity contribution in [1.82, 2.24) is 0 Å². The number of hydrogen-bond acceptors (Lipinski definition) is 4. The number of para-hydroxylation sites is 2. The van der Waals surface area contributed by atoms with Crippen LogP contribution in [0.15, 0.2) is 72.8 Å². The molecule has 0 amide bonds. The third-order valence-electron chi connectivity index (χ3n) is 4.53. The van der Waals surface area contributed by atoms with Crippen molar-refractivity contribution in [1.29, 1.82) is 0 Å². The lowest BCUT2D eigenvalue weighted by atomic mass is 9.94. The first-order valence-electron chi connectivity index (χ1n) is 8.37. The summed E-state index contributed by atoms with van der Waals surface area (Å²) < 4.78 is 5.28. The number of nitrogens with zero attached hydrogens (tertiary/aromatic N) is 1. The first-order chi connectivity index (χ1) is 12.7.